The molecular formula is C19H26N4O. The van der Waals surface area contributed by atoms with E-state index in [-0.39, 0.29) is 17.5 Å². The summed E-state index contributed by atoms with van der Waals surface area (Å²) in [5.41, 5.74) is 3.39. The third kappa shape index (κ3) is 4.36. The van der Waals surface area contributed by atoms with Crippen molar-refractivity contribution in [3.05, 3.63) is 41.1 Å². The van der Waals surface area contributed by atoms with Crippen LogP contribution in [0.4, 0.5) is 5.69 Å². The van der Waals surface area contributed by atoms with E-state index in [0.29, 0.717) is 0 Å². The van der Waals surface area contributed by atoms with Gasteiger partial charge in [0.2, 0.25) is 0 Å². The Bertz CT molecular complexity index is 666. The van der Waals surface area contributed by atoms with Gasteiger partial charge in [0.25, 0.3) is 5.91 Å². The fourth-order valence-corrected chi connectivity index (χ4v) is 2.87. The van der Waals surface area contributed by atoms with Gasteiger partial charge >= 0.3 is 0 Å². The van der Waals surface area contributed by atoms with Crippen molar-refractivity contribution in [3.63, 3.8) is 0 Å². The summed E-state index contributed by atoms with van der Waals surface area (Å²) in [7, 11) is 3.88. The Kier molecular flexibility index (Phi) is 5.99. The van der Waals surface area contributed by atoms with Crippen molar-refractivity contribution in [3.8, 4) is 6.07 Å². The van der Waals surface area contributed by atoms with Gasteiger partial charge in [-0.15, -0.1) is 0 Å². The fourth-order valence-electron chi connectivity index (χ4n) is 2.87. The number of aryl methyl sites for hydroxylation is 2. The summed E-state index contributed by atoms with van der Waals surface area (Å²) < 4.78 is 0. The molecule has 1 aromatic carbocycles. The molecule has 2 rings (SSSR count). The Morgan fingerprint density at radius 2 is 2.00 bits per heavy atom. The van der Waals surface area contributed by atoms with Crippen LogP contribution in [0.15, 0.2) is 30.0 Å². The number of likely N-dealkylation sites (N-methyl/N-ethyl adjacent to an activating group) is 1. The van der Waals surface area contributed by atoms with E-state index in [4.69, 9.17) is 0 Å². The Morgan fingerprint density at radius 3 is 2.58 bits per heavy atom. The topological polar surface area (TPSA) is 59.4 Å². The van der Waals surface area contributed by atoms with E-state index in [9.17, 15) is 10.1 Å². The van der Waals surface area contributed by atoms with E-state index < -0.39 is 0 Å². The summed E-state index contributed by atoms with van der Waals surface area (Å²) in [4.78, 5) is 16.6. The molecule has 5 heteroatoms. The van der Waals surface area contributed by atoms with Gasteiger partial charge in [-0.25, -0.2) is 0 Å². The molecule has 1 heterocycles. The molecule has 0 radical (unpaired) electrons. The second-order valence-corrected chi connectivity index (χ2v) is 6.56. The predicted octanol–water partition coefficient (Wildman–Crippen LogP) is 2.68. The average Bonchev–Trinajstić information content (AvgIpc) is 2.58. The first kappa shape index (κ1) is 18.0. The maximum atomic E-state index is 12.6. The minimum Gasteiger partial charge on any atom is -0.360 e. The summed E-state index contributed by atoms with van der Waals surface area (Å²) in [6.07, 6.45) is 3.40. The van der Waals surface area contributed by atoms with Crippen LogP contribution in [0.25, 0.3) is 0 Å². The van der Waals surface area contributed by atoms with Crippen molar-refractivity contribution in [2.24, 2.45) is 0 Å². The molecule has 5 nitrogen and oxygen atoms in total. The average molecular weight is 326 g/mol. The van der Waals surface area contributed by atoms with Crippen molar-refractivity contribution < 1.29 is 4.79 Å². The Morgan fingerprint density at radius 1 is 1.33 bits per heavy atom. The first-order chi connectivity index (χ1) is 11.4. The number of hydrogen-bond donors (Lipinski definition) is 1. The summed E-state index contributed by atoms with van der Waals surface area (Å²) >= 11 is 0. The number of carbonyl (C=O) groups is 1. The zero-order valence-corrected chi connectivity index (χ0v) is 15.0. The highest BCUT2D eigenvalue weighted by Crippen LogP contribution is 2.17. The van der Waals surface area contributed by atoms with Crippen molar-refractivity contribution >= 4 is 11.6 Å². The Labute approximate surface area is 144 Å². The van der Waals surface area contributed by atoms with Gasteiger partial charge in [-0.2, -0.15) is 5.26 Å². The van der Waals surface area contributed by atoms with Crippen LogP contribution in [0.1, 0.15) is 24.0 Å². The molecule has 0 saturated carbocycles. The molecule has 1 saturated heterocycles. The second kappa shape index (κ2) is 7.98. The number of amides is 1. The molecule has 0 atom stereocenters. The second-order valence-electron chi connectivity index (χ2n) is 6.56. The maximum absolute atomic E-state index is 12.6. The lowest BCUT2D eigenvalue weighted by Gasteiger charge is -2.34. The van der Waals surface area contributed by atoms with E-state index in [0.717, 1.165) is 31.6 Å². The van der Waals surface area contributed by atoms with Gasteiger partial charge in [-0.3, -0.25) is 4.79 Å². The summed E-state index contributed by atoms with van der Waals surface area (Å²) in [6.45, 7) is 6.05. The predicted molar refractivity (Wildman–Crippen MR) is 96.5 cm³/mol. The molecule has 0 aliphatic carbocycles. The van der Waals surface area contributed by atoms with Crippen LogP contribution in [0.2, 0.25) is 0 Å². The smallest absolute Gasteiger partial charge is 0.266 e. The molecule has 1 N–H and O–H groups in total. The molecule has 0 unspecified atom stereocenters. The van der Waals surface area contributed by atoms with Gasteiger partial charge in [0.1, 0.15) is 11.6 Å². The fraction of sp³-hybridized carbons (Fsp3) is 0.474. The number of nitrogens with zero attached hydrogens (tertiary/aromatic N) is 3. The number of likely N-dealkylation sites (tertiary alicyclic amines) is 1. The monoisotopic (exact) mass is 326 g/mol. The molecule has 1 aromatic rings. The summed E-state index contributed by atoms with van der Waals surface area (Å²) in [5, 5.41) is 12.4. The van der Waals surface area contributed by atoms with Gasteiger partial charge in [0, 0.05) is 25.0 Å². The molecule has 1 fully saturated rings. The largest absolute Gasteiger partial charge is 0.360 e. The number of piperidine rings is 1. The lowest BCUT2D eigenvalue weighted by Crippen LogP contribution is -2.44. The quantitative estimate of drug-likeness (QED) is 0.683. The van der Waals surface area contributed by atoms with Crippen LogP contribution in [0.5, 0.6) is 0 Å². The summed E-state index contributed by atoms with van der Waals surface area (Å²) in [5.74, 6) is -0.219. The Hall–Kier alpha value is -2.32. The van der Waals surface area contributed by atoms with Crippen LogP contribution in [0, 0.1) is 25.2 Å². The number of rotatable bonds is 4. The molecule has 1 aliphatic heterocycles. The SMILES string of the molecule is Cc1ccc(N/C=C(/C#N)C(=O)N(C)C2CCN(C)CC2)cc1C. The van der Waals surface area contributed by atoms with Crippen LogP contribution in [0.3, 0.4) is 0 Å². The summed E-state index contributed by atoms with van der Waals surface area (Å²) in [6, 6.07) is 8.19. The van der Waals surface area contributed by atoms with Gasteiger partial charge in [0.15, 0.2) is 0 Å². The number of benzene rings is 1. The number of anilines is 1. The highest BCUT2D eigenvalue weighted by atomic mass is 16.2. The maximum Gasteiger partial charge on any atom is 0.266 e. The highest BCUT2D eigenvalue weighted by molar-refractivity contribution is 5.97. The standard InChI is InChI=1S/C19H26N4O/c1-14-5-6-17(11-15(14)2)21-13-16(12-20)19(24)23(4)18-7-9-22(3)10-8-18/h5-6,11,13,18,21H,7-10H2,1-4H3/b16-13-. The van der Waals surface area contributed by atoms with E-state index in [2.05, 4.69) is 24.2 Å². The number of hydrogen-bond acceptors (Lipinski definition) is 4. The lowest BCUT2D eigenvalue weighted by molar-refractivity contribution is -0.128. The molecule has 1 aliphatic rings. The minimum atomic E-state index is -0.219. The van der Waals surface area contributed by atoms with E-state index >= 15 is 0 Å². The number of carbonyl (C=O) groups excluding carboxylic acids is 1. The zero-order valence-electron chi connectivity index (χ0n) is 15.0. The van der Waals surface area contributed by atoms with Gasteiger partial charge < -0.3 is 15.1 Å². The molecule has 0 bridgehead atoms. The van der Waals surface area contributed by atoms with E-state index in [1.807, 2.05) is 31.2 Å². The normalized spacial score (nSPS) is 16.5. The van der Waals surface area contributed by atoms with Crippen LogP contribution < -0.4 is 5.32 Å². The van der Waals surface area contributed by atoms with E-state index in [1.165, 1.54) is 17.3 Å². The van der Waals surface area contributed by atoms with Crippen LogP contribution >= 0.6 is 0 Å². The van der Waals surface area contributed by atoms with Crippen molar-refractivity contribution in [2.75, 3.05) is 32.5 Å². The lowest BCUT2D eigenvalue weighted by atomic mass is 10.0. The van der Waals surface area contributed by atoms with Crippen LogP contribution in [-0.2, 0) is 4.79 Å². The first-order valence-corrected chi connectivity index (χ1v) is 8.32. The molecule has 1 amide bonds. The van der Waals surface area contributed by atoms with Gasteiger partial charge in [0.05, 0.1) is 0 Å². The van der Waals surface area contributed by atoms with Crippen molar-refractivity contribution in [1.82, 2.24) is 9.80 Å². The first-order valence-electron chi connectivity index (χ1n) is 8.32. The minimum absolute atomic E-state index is 0.134. The van der Waals surface area contributed by atoms with Crippen molar-refractivity contribution in [1.29, 1.82) is 5.26 Å². The third-order valence-corrected chi connectivity index (χ3v) is 4.80. The Balaban J connectivity index is 2.04. The molecule has 128 valence electrons. The molecule has 24 heavy (non-hydrogen) atoms. The molecule has 0 aromatic heterocycles. The van der Waals surface area contributed by atoms with Crippen molar-refractivity contribution in [2.45, 2.75) is 32.7 Å². The molecular weight excluding hydrogens is 300 g/mol. The highest BCUT2D eigenvalue weighted by Gasteiger charge is 2.25. The third-order valence-electron chi connectivity index (χ3n) is 4.80. The zero-order chi connectivity index (χ0) is 17.7. The van der Waals surface area contributed by atoms with Gasteiger partial charge in [-0.05, 0) is 70.1 Å². The molecule has 0 spiro atoms. The van der Waals surface area contributed by atoms with Gasteiger partial charge in [-0.1, -0.05) is 6.07 Å². The number of nitriles is 1. The van der Waals surface area contributed by atoms with Crippen LogP contribution in [-0.4, -0.2) is 48.9 Å². The van der Waals surface area contributed by atoms with E-state index in [1.54, 1.807) is 11.9 Å². The number of nitrogens with one attached hydrogen (secondary N) is 1.